The maximum Gasteiger partial charge on any atom is 0.344 e. The van der Waals surface area contributed by atoms with E-state index < -0.39 is 0 Å². The van der Waals surface area contributed by atoms with Crippen LogP contribution in [0.25, 0.3) is 0 Å². The zero-order valence-electron chi connectivity index (χ0n) is 19.4. The van der Waals surface area contributed by atoms with Gasteiger partial charge in [-0.25, -0.2) is 4.79 Å². The SMILES string of the molecule is Cc1cc(OCC(=O)OCC[N+](C)(C)C)cc(C)c1Cc1ccc(O)c(C(C)C)c1. The number of esters is 1. The van der Waals surface area contributed by atoms with E-state index in [2.05, 4.69) is 54.9 Å². The van der Waals surface area contributed by atoms with Crippen LogP contribution in [0.2, 0.25) is 0 Å². The molecule has 0 aliphatic carbocycles. The topological polar surface area (TPSA) is 55.8 Å². The van der Waals surface area contributed by atoms with Crippen LogP contribution < -0.4 is 4.74 Å². The molecule has 1 N–H and O–H groups in total. The Bertz CT molecular complexity index is 858. The van der Waals surface area contributed by atoms with E-state index in [9.17, 15) is 9.90 Å². The summed E-state index contributed by atoms with van der Waals surface area (Å²) in [6.07, 6.45) is 0.783. The first-order chi connectivity index (χ1) is 14.0. The Morgan fingerprint density at radius 2 is 1.70 bits per heavy atom. The van der Waals surface area contributed by atoms with Crippen molar-refractivity contribution in [3.05, 3.63) is 58.1 Å². The number of aromatic hydroxyl groups is 1. The molecule has 0 atom stereocenters. The van der Waals surface area contributed by atoms with Crippen molar-refractivity contribution in [2.75, 3.05) is 40.9 Å². The van der Waals surface area contributed by atoms with E-state index in [1.807, 2.05) is 18.2 Å². The molecule has 0 radical (unpaired) electrons. The van der Waals surface area contributed by atoms with Crippen molar-refractivity contribution in [2.24, 2.45) is 0 Å². The maximum absolute atomic E-state index is 11.9. The van der Waals surface area contributed by atoms with Gasteiger partial charge in [0, 0.05) is 0 Å². The van der Waals surface area contributed by atoms with E-state index in [4.69, 9.17) is 9.47 Å². The lowest BCUT2D eigenvalue weighted by Crippen LogP contribution is -2.38. The molecular weight excluding hydrogens is 378 g/mol. The molecule has 2 rings (SSSR count). The molecule has 0 bridgehead atoms. The summed E-state index contributed by atoms with van der Waals surface area (Å²) in [4.78, 5) is 11.9. The number of nitrogens with zero attached hydrogens (tertiary/aromatic N) is 1. The van der Waals surface area contributed by atoms with Crippen LogP contribution in [-0.2, 0) is 16.0 Å². The van der Waals surface area contributed by atoms with E-state index in [1.54, 1.807) is 6.07 Å². The van der Waals surface area contributed by atoms with Crippen molar-refractivity contribution >= 4 is 5.97 Å². The summed E-state index contributed by atoms with van der Waals surface area (Å²) in [5.74, 6) is 0.934. The highest BCUT2D eigenvalue weighted by molar-refractivity contribution is 5.71. The van der Waals surface area contributed by atoms with E-state index in [-0.39, 0.29) is 18.5 Å². The predicted molar refractivity (Wildman–Crippen MR) is 120 cm³/mol. The zero-order chi connectivity index (χ0) is 22.5. The standard InChI is InChI=1S/C25H35NO4/c1-17(2)22-14-20(8-9-24(22)27)15-23-18(3)12-21(13-19(23)4)30-16-25(28)29-11-10-26(5,6)7/h8-9,12-14,17H,10-11,15-16H2,1-7H3/p+1. The molecule has 5 nitrogen and oxygen atoms in total. The van der Waals surface area contributed by atoms with Gasteiger partial charge in [0.2, 0.25) is 0 Å². The van der Waals surface area contributed by atoms with E-state index in [0.29, 0.717) is 18.1 Å². The average Bonchev–Trinajstić information content (AvgIpc) is 2.63. The van der Waals surface area contributed by atoms with Crippen LogP contribution in [-0.4, -0.2) is 56.5 Å². The molecule has 0 heterocycles. The molecule has 0 aliphatic heterocycles. The number of rotatable bonds is 9. The Balaban J connectivity index is 2.02. The Morgan fingerprint density at radius 3 is 2.27 bits per heavy atom. The maximum atomic E-state index is 11.9. The second-order valence-corrected chi connectivity index (χ2v) is 9.28. The number of ether oxygens (including phenoxy) is 2. The van der Waals surface area contributed by atoms with Crippen molar-refractivity contribution in [3.8, 4) is 11.5 Å². The normalized spacial score (nSPS) is 11.6. The number of carbonyl (C=O) groups is 1. The molecule has 0 aromatic heterocycles. The molecule has 0 aliphatic rings. The first kappa shape index (κ1) is 23.7. The van der Waals surface area contributed by atoms with Crippen LogP contribution in [0, 0.1) is 13.8 Å². The predicted octanol–water partition coefficient (Wildman–Crippen LogP) is 4.35. The van der Waals surface area contributed by atoms with Crippen LogP contribution >= 0.6 is 0 Å². The van der Waals surface area contributed by atoms with Crippen LogP contribution in [0.4, 0.5) is 0 Å². The van der Waals surface area contributed by atoms with Crippen LogP contribution in [0.1, 0.15) is 47.6 Å². The minimum absolute atomic E-state index is 0.0922. The number of aryl methyl sites for hydroxylation is 2. The van der Waals surface area contributed by atoms with Crippen LogP contribution in [0.3, 0.4) is 0 Å². The second kappa shape index (κ2) is 9.98. The monoisotopic (exact) mass is 414 g/mol. The fraction of sp³-hybridized carbons (Fsp3) is 0.480. The van der Waals surface area contributed by atoms with Crippen molar-refractivity contribution < 1.29 is 23.9 Å². The summed E-state index contributed by atoms with van der Waals surface area (Å²) < 4.78 is 11.7. The largest absolute Gasteiger partial charge is 0.508 e. The van der Waals surface area contributed by atoms with Gasteiger partial charge in [0.1, 0.15) is 24.7 Å². The van der Waals surface area contributed by atoms with Crippen molar-refractivity contribution in [1.82, 2.24) is 0 Å². The third-order valence-corrected chi connectivity index (χ3v) is 5.15. The van der Waals surface area contributed by atoms with Crippen molar-refractivity contribution in [1.29, 1.82) is 0 Å². The molecule has 0 amide bonds. The minimum Gasteiger partial charge on any atom is -0.508 e. The molecule has 164 valence electrons. The van der Waals surface area contributed by atoms with Gasteiger partial charge in [0.05, 0.1) is 21.1 Å². The number of benzene rings is 2. The lowest BCUT2D eigenvalue weighted by Gasteiger charge is -2.23. The van der Waals surface area contributed by atoms with E-state index in [1.165, 1.54) is 5.56 Å². The zero-order valence-corrected chi connectivity index (χ0v) is 19.4. The number of phenolic OH excluding ortho intramolecular Hbond substituents is 1. The van der Waals surface area contributed by atoms with Crippen molar-refractivity contribution in [2.45, 2.75) is 40.0 Å². The van der Waals surface area contributed by atoms with Gasteiger partial charge in [-0.1, -0.05) is 26.0 Å². The molecule has 5 heteroatoms. The number of phenols is 1. The number of hydrogen-bond donors (Lipinski definition) is 1. The van der Waals surface area contributed by atoms with Gasteiger partial charge in [0.25, 0.3) is 0 Å². The van der Waals surface area contributed by atoms with Gasteiger partial charge in [-0.15, -0.1) is 0 Å². The first-order valence-electron chi connectivity index (χ1n) is 10.5. The summed E-state index contributed by atoms with van der Waals surface area (Å²) in [5, 5.41) is 10.1. The summed E-state index contributed by atoms with van der Waals surface area (Å²) in [6.45, 7) is 9.31. The third kappa shape index (κ3) is 7.06. The van der Waals surface area contributed by atoms with Gasteiger partial charge < -0.3 is 19.1 Å². The van der Waals surface area contributed by atoms with Gasteiger partial charge in [-0.05, 0) is 72.2 Å². The number of hydrogen-bond acceptors (Lipinski definition) is 4. The minimum atomic E-state index is -0.354. The molecule has 0 saturated heterocycles. The number of carbonyl (C=O) groups excluding carboxylic acids is 1. The van der Waals surface area contributed by atoms with Crippen LogP contribution in [0.15, 0.2) is 30.3 Å². The molecule has 0 spiro atoms. The molecule has 0 unspecified atom stereocenters. The summed E-state index contributed by atoms with van der Waals surface area (Å²) >= 11 is 0. The molecular formula is C25H36NO4+. The Labute approximate surface area is 180 Å². The molecule has 0 saturated carbocycles. The van der Waals surface area contributed by atoms with Gasteiger partial charge in [-0.3, -0.25) is 0 Å². The van der Waals surface area contributed by atoms with Crippen molar-refractivity contribution in [3.63, 3.8) is 0 Å². The number of quaternary nitrogens is 1. The summed E-state index contributed by atoms with van der Waals surface area (Å²) in [5.41, 5.74) is 5.59. The lowest BCUT2D eigenvalue weighted by molar-refractivity contribution is -0.870. The Hall–Kier alpha value is -2.53. The Kier molecular flexibility index (Phi) is 7.90. The smallest absolute Gasteiger partial charge is 0.344 e. The fourth-order valence-corrected chi connectivity index (χ4v) is 3.31. The summed E-state index contributed by atoms with van der Waals surface area (Å²) in [6, 6.07) is 9.75. The van der Waals surface area contributed by atoms with Gasteiger partial charge >= 0.3 is 5.97 Å². The average molecular weight is 415 g/mol. The van der Waals surface area contributed by atoms with Crippen LogP contribution in [0.5, 0.6) is 11.5 Å². The summed E-state index contributed by atoms with van der Waals surface area (Å²) in [7, 11) is 6.16. The van der Waals surface area contributed by atoms with Gasteiger partial charge in [-0.2, -0.15) is 0 Å². The van der Waals surface area contributed by atoms with Gasteiger partial charge in [0.15, 0.2) is 6.61 Å². The highest BCUT2D eigenvalue weighted by atomic mass is 16.6. The van der Waals surface area contributed by atoms with E-state index >= 15 is 0 Å². The highest BCUT2D eigenvalue weighted by Gasteiger charge is 2.13. The third-order valence-electron chi connectivity index (χ3n) is 5.15. The first-order valence-corrected chi connectivity index (χ1v) is 10.5. The number of likely N-dealkylation sites (N-methyl/N-ethyl adjacent to an activating group) is 1. The second-order valence-electron chi connectivity index (χ2n) is 9.28. The van der Waals surface area contributed by atoms with E-state index in [0.717, 1.165) is 39.7 Å². The molecule has 2 aromatic rings. The fourth-order valence-electron chi connectivity index (χ4n) is 3.31. The molecule has 2 aromatic carbocycles. The Morgan fingerprint density at radius 1 is 1.07 bits per heavy atom. The molecule has 30 heavy (non-hydrogen) atoms. The lowest BCUT2D eigenvalue weighted by atomic mass is 9.93. The highest BCUT2D eigenvalue weighted by Crippen LogP contribution is 2.29. The molecule has 0 fully saturated rings. The quantitative estimate of drug-likeness (QED) is 0.490.